The summed E-state index contributed by atoms with van der Waals surface area (Å²) in [5.41, 5.74) is 0.902. The van der Waals surface area contributed by atoms with Gasteiger partial charge in [0, 0.05) is 5.39 Å². The molecule has 13 heavy (non-hydrogen) atoms. The number of hydrogen-bond donors (Lipinski definition) is 0. The smallest absolute Gasteiger partial charge is 0.170 e. The third kappa shape index (κ3) is 0.937. The minimum Gasteiger partial charge on any atom is -0.453 e. The highest BCUT2D eigenvalue weighted by Gasteiger charge is 1.98. The van der Waals surface area contributed by atoms with Gasteiger partial charge in [-0.1, -0.05) is 24.3 Å². The highest BCUT2D eigenvalue weighted by atomic mass is 16.3. The SMILES string of the molecule is [c]1cc2cc3ccccc3cc2o1. The first-order valence-corrected chi connectivity index (χ1v) is 4.22. The Morgan fingerprint density at radius 3 is 2.54 bits per heavy atom. The summed E-state index contributed by atoms with van der Waals surface area (Å²) in [6.45, 7) is 0. The van der Waals surface area contributed by atoms with E-state index in [0.29, 0.717) is 0 Å². The average molecular weight is 167 g/mol. The average Bonchev–Trinajstić information content (AvgIpc) is 2.61. The van der Waals surface area contributed by atoms with E-state index in [1.165, 1.54) is 10.8 Å². The van der Waals surface area contributed by atoms with Gasteiger partial charge >= 0.3 is 0 Å². The lowest BCUT2D eigenvalue weighted by Gasteiger charge is -1.95. The molecule has 0 aliphatic carbocycles. The molecule has 0 atom stereocenters. The van der Waals surface area contributed by atoms with Gasteiger partial charge in [-0.15, -0.1) is 0 Å². The van der Waals surface area contributed by atoms with Gasteiger partial charge in [0.15, 0.2) is 6.26 Å². The van der Waals surface area contributed by atoms with Crippen molar-refractivity contribution in [3.8, 4) is 0 Å². The highest BCUT2D eigenvalue weighted by Crippen LogP contribution is 2.22. The molecule has 0 saturated carbocycles. The molecule has 0 aliphatic heterocycles. The van der Waals surface area contributed by atoms with Crippen molar-refractivity contribution in [2.45, 2.75) is 0 Å². The van der Waals surface area contributed by atoms with Crippen molar-refractivity contribution >= 4 is 21.7 Å². The zero-order chi connectivity index (χ0) is 8.67. The fourth-order valence-corrected chi connectivity index (χ4v) is 1.59. The Bertz CT molecular complexity index is 514. The molecule has 1 nitrogen and oxygen atoms in total. The van der Waals surface area contributed by atoms with Crippen molar-refractivity contribution in [3.63, 3.8) is 0 Å². The van der Waals surface area contributed by atoms with Crippen LogP contribution in [-0.4, -0.2) is 0 Å². The molecule has 0 saturated heterocycles. The van der Waals surface area contributed by atoms with Crippen LogP contribution in [0.25, 0.3) is 21.7 Å². The van der Waals surface area contributed by atoms with E-state index < -0.39 is 0 Å². The predicted molar refractivity (Wildman–Crippen MR) is 52.6 cm³/mol. The van der Waals surface area contributed by atoms with Crippen LogP contribution in [0.1, 0.15) is 0 Å². The summed E-state index contributed by atoms with van der Waals surface area (Å²) >= 11 is 0. The lowest BCUT2D eigenvalue weighted by atomic mass is 10.1. The standard InChI is InChI=1S/C12H7O/c1-2-4-10-8-12-11(5-6-13-12)7-9(10)3-1/h1-5,7-8H. The van der Waals surface area contributed by atoms with Gasteiger partial charge in [0.05, 0.1) is 0 Å². The molecule has 1 aromatic heterocycles. The zero-order valence-electron chi connectivity index (χ0n) is 6.95. The molecule has 0 aliphatic rings. The van der Waals surface area contributed by atoms with Crippen LogP contribution in [0.3, 0.4) is 0 Å². The van der Waals surface area contributed by atoms with Gasteiger partial charge in [-0.25, -0.2) is 0 Å². The molecule has 1 heteroatoms. The van der Waals surface area contributed by atoms with E-state index in [1.54, 1.807) is 0 Å². The van der Waals surface area contributed by atoms with Crippen LogP contribution in [0.15, 0.2) is 46.9 Å². The van der Waals surface area contributed by atoms with Gasteiger partial charge in [-0.2, -0.15) is 0 Å². The van der Waals surface area contributed by atoms with E-state index in [4.69, 9.17) is 4.42 Å². The molecule has 1 heterocycles. The van der Waals surface area contributed by atoms with Gasteiger partial charge in [-0.05, 0) is 29.0 Å². The lowest BCUT2D eigenvalue weighted by Crippen LogP contribution is -1.70. The fourth-order valence-electron chi connectivity index (χ4n) is 1.59. The zero-order valence-corrected chi connectivity index (χ0v) is 6.95. The van der Waals surface area contributed by atoms with Crippen molar-refractivity contribution < 1.29 is 4.42 Å². The fraction of sp³-hybridized carbons (Fsp3) is 0. The molecule has 0 unspecified atom stereocenters. The summed E-state index contributed by atoms with van der Waals surface area (Å²) in [4.78, 5) is 0. The molecule has 3 aromatic rings. The Hall–Kier alpha value is -1.76. The maximum Gasteiger partial charge on any atom is 0.170 e. The molecule has 0 bridgehead atoms. The van der Waals surface area contributed by atoms with E-state index in [1.807, 2.05) is 24.3 Å². The van der Waals surface area contributed by atoms with E-state index in [-0.39, 0.29) is 0 Å². The summed E-state index contributed by atoms with van der Waals surface area (Å²) in [7, 11) is 0. The van der Waals surface area contributed by atoms with E-state index >= 15 is 0 Å². The Labute approximate surface area is 75.6 Å². The minimum absolute atomic E-state index is 0.902. The highest BCUT2D eigenvalue weighted by molar-refractivity contribution is 5.95. The summed E-state index contributed by atoms with van der Waals surface area (Å²) < 4.78 is 5.20. The van der Waals surface area contributed by atoms with Crippen LogP contribution in [0.2, 0.25) is 0 Å². The third-order valence-electron chi connectivity index (χ3n) is 2.26. The summed E-state index contributed by atoms with van der Waals surface area (Å²) in [6.07, 6.45) is 2.74. The molecule has 0 fully saturated rings. The summed E-state index contributed by atoms with van der Waals surface area (Å²) in [6, 6.07) is 14.3. The summed E-state index contributed by atoms with van der Waals surface area (Å²) in [5, 5.41) is 3.56. The molecule has 0 N–H and O–H groups in total. The quantitative estimate of drug-likeness (QED) is 0.500. The second-order valence-electron chi connectivity index (χ2n) is 3.10. The molecule has 1 radical (unpaired) electrons. The van der Waals surface area contributed by atoms with Gasteiger partial charge in [-0.3, -0.25) is 0 Å². The van der Waals surface area contributed by atoms with Crippen LogP contribution < -0.4 is 0 Å². The number of rotatable bonds is 0. The summed E-state index contributed by atoms with van der Waals surface area (Å²) in [5.74, 6) is 0. The molecular weight excluding hydrogens is 160 g/mol. The van der Waals surface area contributed by atoms with Crippen molar-refractivity contribution in [2.75, 3.05) is 0 Å². The lowest BCUT2D eigenvalue weighted by molar-refractivity contribution is 0.606. The largest absolute Gasteiger partial charge is 0.453 e. The molecule has 61 valence electrons. The predicted octanol–water partition coefficient (Wildman–Crippen LogP) is 3.39. The minimum atomic E-state index is 0.902. The normalized spacial score (nSPS) is 11.1. The van der Waals surface area contributed by atoms with Gasteiger partial charge in [0.2, 0.25) is 0 Å². The monoisotopic (exact) mass is 167 g/mol. The maximum atomic E-state index is 5.20. The number of benzene rings is 2. The van der Waals surface area contributed by atoms with E-state index in [2.05, 4.69) is 24.5 Å². The third-order valence-corrected chi connectivity index (χ3v) is 2.26. The van der Waals surface area contributed by atoms with Crippen molar-refractivity contribution in [1.82, 2.24) is 0 Å². The Morgan fingerprint density at radius 2 is 1.69 bits per heavy atom. The topological polar surface area (TPSA) is 13.1 Å². The van der Waals surface area contributed by atoms with Crippen molar-refractivity contribution in [3.05, 3.63) is 48.7 Å². The van der Waals surface area contributed by atoms with Crippen LogP contribution in [0.4, 0.5) is 0 Å². The maximum absolute atomic E-state index is 5.20. The molecule has 0 amide bonds. The first-order valence-electron chi connectivity index (χ1n) is 4.22. The van der Waals surface area contributed by atoms with E-state index in [9.17, 15) is 0 Å². The Kier molecular flexibility index (Phi) is 1.22. The molecule has 2 aromatic carbocycles. The number of fused-ring (bicyclic) bond motifs is 2. The second kappa shape index (κ2) is 2.36. The van der Waals surface area contributed by atoms with Crippen molar-refractivity contribution in [1.29, 1.82) is 0 Å². The first-order chi connectivity index (χ1) is 6.43. The Balaban J connectivity index is 2.57. The molecule has 0 spiro atoms. The Morgan fingerprint density at radius 1 is 0.923 bits per heavy atom. The van der Waals surface area contributed by atoms with Gasteiger partial charge in [0.1, 0.15) is 5.58 Å². The molecule has 3 rings (SSSR count). The van der Waals surface area contributed by atoms with Crippen LogP contribution in [0.5, 0.6) is 0 Å². The second-order valence-corrected chi connectivity index (χ2v) is 3.10. The van der Waals surface area contributed by atoms with Crippen LogP contribution in [0, 0.1) is 6.26 Å². The van der Waals surface area contributed by atoms with Crippen LogP contribution in [-0.2, 0) is 0 Å². The van der Waals surface area contributed by atoms with E-state index in [0.717, 1.165) is 11.0 Å². The first kappa shape index (κ1) is 6.72. The van der Waals surface area contributed by atoms with Gasteiger partial charge < -0.3 is 4.42 Å². The van der Waals surface area contributed by atoms with Crippen molar-refractivity contribution in [2.24, 2.45) is 0 Å². The number of furan rings is 1. The van der Waals surface area contributed by atoms with Crippen LogP contribution >= 0.6 is 0 Å². The molecular formula is C12H7O. The van der Waals surface area contributed by atoms with Gasteiger partial charge in [0.25, 0.3) is 0 Å². The number of hydrogen-bond acceptors (Lipinski definition) is 1.